The molecule has 0 bridgehead atoms. The lowest BCUT2D eigenvalue weighted by molar-refractivity contribution is -0.143. The van der Waals surface area contributed by atoms with Crippen LogP contribution in [0.3, 0.4) is 0 Å². The molecule has 8 heteroatoms. The second-order valence-corrected chi connectivity index (χ2v) is 10.2. The van der Waals surface area contributed by atoms with Crippen LogP contribution in [0.25, 0.3) is 0 Å². The summed E-state index contributed by atoms with van der Waals surface area (Å²) in [6.45, 7) is 0.824. The highest BCUT2D eigenvalue weighted by molar-refractivity contribution is 6.14. The van der Waals surface area contributed by atoms with Crippen LogP contribution in [0.1, 0.15) is 35.1 Å². The Morgan fingerprint density at radius 1 is 0.683 bits per heavy atom. The molecular weight excluding hydrogens is 516 g/mol. The van der Waals surface area contributed by atoms with Crippen LogP contribution in [0, 0.1) is 0 Å². The maximum atomic E-state index is 12.8. The Bertz CT molecular complexity index is 1440. The summed E-state index contributed by atoms with van der Waals surface area (Å²) >= 11 is 0. The summed E-state index contributed by atoms with van der Waals surface area (Å²) in [5.41, 5.74) is 9.01. The van der Waals surface area contributed by atoms with E-state index in [9.17, 15) is 9.59 Å². The summed E-state index contributed by atoms with van der Waals surface area (Å²) in [4.78, 5) is 37.1. The second kappa shape index (κ2) is 12.7. The Morgan fingerprint density at radius 3 is 1.63 bits per heavy atom. The number of carbonyl (C=O) groups is 2. The van der Waals surface area contributed by atoms with Gasteiger partial charge in [0.1, 0.15) is 5.54 Å². The van der Waals surface area contributed by atoms with E-state index in [1.165, 1.54) is 0 Å². The zero-order valence-corrected chi connectivity index (χ0v) is 22.7. The highest BCUT2D eigenvalue weighted by Crippen LogP contribution is 2.31. The number of rotatable bonds is 7. The van der Waals surface area contributed by atoms with Crippen molar-refractivity contribution in [2.45, 2.75) is 36.8 Å². The molecule has 2 aliphatic rings. The monoisotopic (exact) mass is 548 g/mol. The van der Waals surface area contributed by atoms with Gasteiger partial charge in [-0.2, -0.15) is 0 Å². The molecule has 2 unspecified atom stereocenters. The summed E-state index contributed by atoms with van der Waals surface area (Å²) in [5.74, 6) is -0.557. The fourth-order valence-corrected chi connectivity index (χ4v) is 4.99. The standard InChI is InChI=1S/C23H20N2O2.C10H12N2O2/c26-22-23(13-16-27-22,17-18-11-14-24-15-12-18)25-21(19-7-3-1-4-8-19)20-9-5-2-6-10-20;11-10(3-6-14-9(10)13)7-8-1-4-12-5-2-8/h1-12,14-15H,13,16-17H2;1-2,4-5H,3,6-7,11H2. The largest absolute Gasteiger partial charge is 0.464 e. The fraction of sp³-hybridized carbons (Fsp3) is 0.242. The minimum Gasteiger partial charge on any atom is -0.464 e. The summed E-state index contributed by atoms with van der Waals surface area (Å²) in [6, 6.07) is 27.5. The van der Waals surface area contributed by atoms with Crippen molar-refractivity contribution in [3.63, 3.8) is 0 Å². The number of aromatic nitrogens is 2. The van der Waals surface area contributed by atoms with E-state index in [1.54, 1.807) is 24.8 Å². The van der Waals surface area contributed by atoms with Gasteiger partial charge < -0.3 is 15.2 Å². The van der Waals surface area contributed by atoms with Crippen molar-refractivity contribution >= 4 is 17.7 Å². The fourth-order valence-electron chi connectivity index (χ4n) is 4.99. The smallest absolute Gasteiger partial charge is 0.334 e. The molecule has 41 heavy (non-hydrogen) atoms. The molecule has 2 aromatic carbocycles. The third-order valence-electron chi connectivity index (χ3n) is 7.25. The number of benzene rings is 2. The Hall–Kier alpha value is -4.69. The predicted molar refractivity (Wildman–Crippen MR) is 155 cm³/mol. The van der Waals surface area contributed by atoms with Gasteiger partial charge in [0.05, 0.1) is 18.9 Å². The molecule has 8 nitrogen and oxygen atoms in total. The van der Waals surface area contributed by atoms with Crippen molar-refractivity contribution in [2.24, 2.45) is 10.7 Å². The summed E-state index contributed by atoms with van der Waals surface area (Å²) in [5, 5.41) is 0. The predicted octanol–water partition coefficient (Wildman–Crippen LogP) is 4.12. The maximum Gasteiger partial charge on any atom is 0.334 e. The molecule has 0 radical (unpaired) electrons. The number of pyridine rings is 2. The van der Waals surface area contributed by atoms with Gasteiger partial charge >= 0.3 is 11.9 Å². The van der Waals surface area contributed by atoms with Gasteiger partial charge in [-0.3, -0.25) is 19.8 Å². The van der Waals surface area contributed by atoms with Gasteiger partial charge in [0.15, 0.2) is 5.54 Å². The van der Waals surface area contributed by atoms with Crippen LogP contribution in [0.5, 0.6) is 0 Å². The van der Waals surface area contributed by atoms with E-state index in [0.717, 1.165) is 28.0 Å². The van der Waals surface area contributed by atoms with Crippen LogP contribution < -0.4 is 5.73 Å². The van der Waals surface area contributed by atoms with Crippen LogP contribution in [-0.4, -0.2) is 51.9 Å². The van der Waals surface area contributed by atoms with Gasteiger partial charge in [0, 0.05) is 61.6 Å². The highest BCUT2D eigenvalue weighted by Gasteiger charge is 2.45. The van der Waals surface area contributed by atoms with Crippen molar-refractivity contribution in [3.05, 3.63) is 132 Å². The Kier molecular flexibility index (Phi) is 8.60. The molecule has 6 rings (SSSR count). The van der Waals surface area contributed by atoms with Gasteiger partial charge in [-0.1, -0.05) is 60.7 Å². The van der Waals surface area contributed by atoms with E-state index in [2.05, 4.69) is 9.97 Å². The molecule has 0 spiro atoms. The average molecular weight is 549 g/mol. The van der Waals surface area contributed by atoms with Gasteiger partial charge in [0.25, 0.3) is 0 Å². The Morgan fingerprint density at radius 2 is 1.17 bits per heavy atom. The number of hydrogen-bond acceptors (Lipinski definition) is 8. The van der Waals surface area contributed by atoms with Crippen LogP contribution >= 0.6 is 0 Å². The van der Waals surface area contributed by atoms with Crippen molar-refractivity contribution in [2.75, 3.05) is 13.2 Å². The minimum absolute atomic E-state index is 0.260. The quantitative estimate of drug-likeness (QED) is 0.273. The van der Waals surface area contributed by atoms with Gasteiger partial charge in [-0.05, 0) is 35.4 Å². The van der Waals surface area contributed by atoms with Crippen LogP contribution in [0.2, 0.25) is 0 Å². The van der Waals surface area contributed by atoms with Crippen molar-refractivity contribution in [1.82, 2.24) is 9.97 Å². The summed E-state index contributed by atoms with van der Waals surface area (Å²) in [7, 11) is 0. The molecule has 2 N–H and O–H groups in total. The molecule has 208 valence electrons. The third-order valence-corrected chi connectivity index (χ3v) is 7.25. The van der Waals surface area contributed by atoms with Crippen LogP contribution in [-0.2, 0) is 31.9 Å². The van der Waals surface area contributed by atoms with E-state index in [-0.39, 0.29) is 11.9 Å². The molecule has 2 aliphatic heterocycles. The number of aliphatic imine (C=N–C) groups is 1. The minimum atomic E-state index is -0.914. The molecule has 0 amide bonds. The summed E-state index contributed by atoms with van der Waals surface area (Å²) < 4.78 is 10.2. The van der Waals surface area contributed by atoms with Crippen LogP contribution in [0.4, 0.5) is 0 Å². The van der Waals surface area contributed by atoms with E-state index < -0.39 is 11.1 Å². The Balaban J connectivity index is 0.000000202. The SMILES string of the molecule is NC1(Cc2ccncc2)CCOC1=O.O=C1OCCC1(Cc1ccncc1)N=C(c1ccccc1)c1ccccc1. The number of hydrogen-bond donors (Lipinski definition) is 1. The van der Waals surface area contributed by atoms with Crippen molar-refractivity contribution < 1.29 is 19.1 Å². The van der Waals surface area contributed by atoms with E-state index in [4.69, 9.17) is 20.2 Å². The first kappa shape index (κ1) is 27.9. The first-order valence-electron chi connectivity index (χ1n) is 13.6. The lowest BCUT2D eigenvalue weighted by Crippen LogP contribution is -2.46. The Labute approximate surface area is 239 Å². The van der Waals surface area contributed by atoms with E-state index in [0.29, 0.717) is 38.9 Å². The van der Waals surface area contributed by atoms with Crippen LogP contribution in [0.15, 0.2) is 115 Å². The molecule has 4 aromatic rings. The zero-order valence-electron chi connectivity index (χ0n) is 22.7. The average Bonchev–Trinajstić information content (AvgIpc) is 3.54. The van der Waals surface area contributed by atoms with Gasteiger partial charge in [0.2, 0.25) is 0 Å². The number of ether oxygens (including phenoxy) is 2. The third kappa shape index (κ3) is 6.73. The molecule has 2 atom stereocenters. The molecular formula is C33H32N4O4. The molecule has 4 heterocycles. The number of esters is 2. The zero-order chi connectivity index (χ0) is 28.5. The first-order valence-corrected chi connectivity index (χ1v) is 13.6. The first-order chi connectivity index (χ1) is 20.0. The number of carbonyl (C=O) groups excluding carboxylic acids is 2. The molecule has 2 fully saturated rings. The van der Waals surface area contributed by atoms with E-state index >= 15 is 0 Å². The van der Waals surface area contributed by atoms with Crippen molar-refractivity contribution in [3.8, 4) is 0 Å². The molecule has 0 aliphatic carbocycles. The van der Waals surface area contributed by atoms with Crippen molar-refractivity contribution in [1.29, 1.82) is 0 Å². The highest BCUT2D eigenvalue weighted by atomic mass is 16.5. The molecule has 2 aromatic heterocycles. The lowest BCUT2D eigenvalue weighted by Gasteiger charge is -2.22. The maximum absolute atomic E-state index is 12.8. The second-order valence-electron chi connectivity index (χ2n) is 10.2. The summed E-state index contributed by atoms with van der Waals surface area (Å²) in [6.07, 6.45) is 9.04. The number of nitrogens with zero attached hydrogens (tertiary/aromatic N) is 3. The normalized spacial score (nSPS) is 21.3. The number of cyclic esters (lactones) is 2. The molecule has 0 saturated carbocycles. The van der Waals surface area contributed by atoms with Gasteiger partial charge in [-0.15, -0.1) is 0 Å². The topological polar surface area (TPSA) is 117 Å². The van der Waals surface area contributed by atoms with E-state index in [1.807, 2.05) is 84.9 Å². The molecule has 2 saturated heterocycles. The lowest BCUT2D eigenvalue weighted by atomic mass is 9.89. The van der Waals surface area contributed by atoms with Gasteiger partial charge in [-0.25, -0.2) is 4.79 Å². The number of nitrogens with two attached hydrogens (primary N) is 1.